The Hall–Kier alpha value is -1.93. The van der Waals surface area contributed by atoms with Gasteiger partial charge in [0.05, 0.1) is 10.5 Å². The summed E-state index contributed by atoms with van der Waals surface area (Å²) in [5, 5.41) is 2.75. The topological polar surface area (TPSA) is 92.8 Å². The lowest BCUT2D eigenvalue weighted by atomic mass is 10.1. The van der Waals surface area contributed by atoms with E-state index in [2.05, 4.69) is 5.32 Å². The number of nitrogens with one attached hydrogen (secondary N) is 1. The van der Waals surface area contributed by atoms with Gasteiger partial charge in [-0.2, -0.15) is 4.31 Å². The fourth-order valence-corrected chi connectivity index (χ4v) is 4.70. The zero-order valence-corrected chi connectivity index (χ0v) is 17.8. The van der Waals surface area contributed by atoms with Crippen LogP contribution in [0.2, 0.25) is 0 Å². The van der Waals surface area contributed by atoms with E-state index in [1.165, 1.54) is 28.6 Å². The van der Waals surface area contributed by atoms with E-state index in [0.29, 0.717) is 6.54 Å². The van der Waals surface area contributed by atoms with Crippen LogP contribution in [0.25, 0.3) is 0 Å². The Morgan fingerprint density at radius 1 is 1.18 bits per heavy atom. The quantitative estimate of drug-likeness (QED) is 0.698. The van der Waals surface area contributed by atoms with Crippen LogP contribution in [0.3, 0.4) is 0 Å². The maximum absolute atomic E-state index is 12.8. The van der Waals surface area contributed by atoms with Gasteiger partial charge in [-0.05, 0) is 56.9 Å². The first-order valence-electron chi connectivity index (χ1n) is 9.71. The van der Waals surface area contributed by atoms with Crippen LogP contribution in [0, 0.1) is 5.92 Å². The van der Waals surface area contributed by atoms with Gasteiger partial charge >= 0.3 is 5.97 Å². The number of amides is 1. The SMILES string of the molecule is CC(C)[C@H](C)NC(=O)COC(=O)c1ccc(S(=O)(=O)N2CCCC[C@@H]2C)cc1. The predicted octanol–water partition coefficient (Wildman–Crippen LogP) is 2.57. The van der Waals surface area contributed by atoms with Crippen LogP contribution in [0.15, 0.2) is 29.2 Å². The Morgan fingerprint density at radius 3 is 2.39 bits per heavy atom. The van der Waals surface area contributed by atoms with Crippen molar-refractivity contribution in [3.63, 3.8) is 0 Å². The minimum atomic E-state index is -3.58. The van der Waals surface area contributed by atoms with Gasteiger partial charge in [0.25, 0.3) is 5.91 Å². The number of esters is 1. The Balaban J connectivity index is 1.98. The zero-order valence-electron chi connectivity index (χ0n) is 17.0. The molecule has 7 nitrogen and oxygen atoms in total. The summed E-state index contributed by atoms with van der Waals surface area (Å²) in [7, 11) is -3.58. The molecular weight excluding hydrogens is 380 g/mol. The van der Waals surface area contributed by atoms with E-state index < -0.39 is 16.0 Å². The first-order valence-corrected chi connectivity index (χ1v) is 11.2. The summed E-state index contributed by atoms with van der Waals surface area (Å²) < 4.78 is 32.2. The second kappa shape index (κ2) is 9.52. The molecule has 28 heavy (non-hydrogen) atoms. The van der Waals surface area contributed by atoms with Crippen LogP contribution in [0.4, 0.5) is 0 Å². The molecule has 8 heteroatoms. The maximum Gasteiger partial charge on any atom is 0.338 e. The number of carbonyl (C=O) groups is 2. The highest BCUT2D eigenvalue weighted by Crippen LogP contribution is 2.25. The predicted molar refractivity (Wildman–Crippen MR) is 106 cm³/mol. The van der Waals surface area contributed by atoms with E-state index in [4.69, 9.17) is 4.74 Å². The monoisotopic (exact) mass is 410 g/mol. The van der Waals surface area contributed by atoms with Crippen molar-refractivity contribution >= 4 is 21.9 Å². The van der Waals surface area contributed by atoms with Crippen LogP contribution < -0.4 is 5.32 Å². The fraction of sp³-hybridized carbons (Fsp3) is 0.600. The molecule has 156 valence electrons. The number of hydrogen-bond donors (Lipinski definition) is 1. The number of hydrogen-bond acceptors (Lipinski definition) is 5. The molecule has 1 fully saturated rings. The van der Waals surface area contributed by atoms with Gasteiger partial charge in [0.2, 0.25) is 10.0 Å². The van der Waals surface area contributed by atoms with Gasteiger partial charge in [0, 0.05) is 18.6 Å². The lowest BCUT2D eigenvalue weighted by Crippen LogP contribution is -2.41. The van der Waals surface area contributed by atoms with Gasteiger partial charge in [-0.25, -0.2) is 13.2 Å². The normalized spacial score (nSPS) is 19.2. The van der Waals surface area contributed by atoms with Gasteiger partial charge in [-0.1, -0.05) is 20.3 Å². The standard InChI is InChI=1S/C20H30N2O5S/c1-14(2)16(4)21-19(23)13-27-20(24)17-8-10-18(11-9-17)28(25,26)22-12-6-5-7-15(22)3/h8-11,14-16H,5-7,12-13H2,1-4H3,(H,21,23)/t15-,16-/m0/s1. The summed E-state index contributed by atoms with van der Waals surface area (Å²) in [5.74, 6) is -0.757. The van der Waals surface area contributed by atoms with E-state index >= 15 is 0 Å². The molecule has 0 unspecified atom stereocenters. The summed E-state index contributed by atoms with van der Waals surface area (Å²) >= 11 is 0. The molecule has 1 saturated heterocycles. The molecule has 1 aromatic rings. The third-order valence-electron chi connectivity index (χ3n) is 5.16. The van der Waals surface area contributed by atoms with Gasteiger partial charge in [-0.15, -0.1) is 0 Å². The van der Waals surface area contributed by atoms with Gasteiger partial charge < -0.3 is 10.1 Å². The molecule has 0 bridgehead atoms. The van der Waals surface area contributed by atoms with Crippen LogP contribution >= 0.6 is 0 Å². The van der Waals surface area contributed by atoms with Crippen molar-refractivity contribution in [2.45, 2.75) is 63.9 Å². The highest BCUT2D eigenvalue weighted by atomic mass is 32.2. The molecule has 1 N–H and O–H groups in total. The fourth-order valence-electron chi connectivity index (χ4n) is 3.00. The first-order chi connectivity index (χ1) is 13.1. The first kappa shape index (κ1) is 22.4. The summed E-state index contributed by atoms with van der Waals surface area (Å²) in [6.45, 7) is 7.90. The molecule has 1 aliphatic heterocycles. The highest BCUT2D eigenvalue weighted by Gasteiger charge is 2.31. The Bertz CT molecular complexity index is 789. The van der Waals surface area contributed by atoms with E-state index in [1.807, 2.05) is 27.7 Å². The molecule has 0 aliphatic carbocycles. The Labute approximate surface area is 167 Å². The van der Waals surface area contributed by atoms with Crippen molar-refractivity contribution in [2.75, 3.05) is 13.2 Å². The molecule has 1 aliphatic rings. The van der Waals surface area contributed by atoms with Crippen LogP contribution in [-0.2, 0) is 19.6 Å². The number of nitrogens with zero attached hydrogens (tertiary/aromatic N) is 1. The number of rotatable bonds is 7. The largest absolute Gasteiger partial charge is 0.452 e. The zero-order chi connectivity index (χ0) is 20.9. The number of benzene rings is 1. The molecule has 0 spiro atoms. The maximum atomic E-state index is 12.8. The lowest BCUT2D eigenvalue weighted by molar-refractivity contribution is -0.125. The van der Waals surface area contributed by atoms with Crippen LogP contribution in [-0.4, -0.2) is 49.8 Å². The molecule has 0 radical (unpaired) electrons. The van der Waals surface area contributed by atoms with E-state index in [0.717, 1.165) is 19.3 Å². The second-order valence-corrected chi connectivity index (χ2v) is 9.55. The van der Waals surface area contributed by atoms with E-state index in [9.17, 15) is 18.0 Å². The van der Waals surface area contributed by atoms with Gasteiger partial charge in [0.15, 0.2) is 6.61 Å². The molecule has 1 amide bonds. The Morgan fingerprint density at radius 2 is 1.82 bits per heavy atom. The summed E-state index contributed by atoms with van der Waals surface area (Å²) in [4.78, 5) is 24.1. The summed E-state index contributed by atoms with van der Waals surface area (Å²) in [6, 6.07) is 5.60. The number of sulfonamides is 1. The molecule has 2 rings (SSSR count). The van der Waals surface area contributed by atoms with Crippen molar-refractivity contribution in [3.8, 4) is 0 Å². The average molecular weight is 411 g/mol. The van der Waals surface area contributed by atoms with Crippen molar-refractivity contribution in [3.05, 3.63) is 29.8 Å². The number of ether oxygens (including phenoxy) is 1. The number of carbonyl (C=O) groups excluding carboxylic acids is 2. The second-order valence-electron chi connectivity index (χ2n) is 7.66. The minimum absolute atomic E-state index is 0.0205. The van der Waals surface area contributed by atoms with Crippen LogP contribution in [0.5, 0.6) is 0 Å². The summed E-state index contributed by atoms with van der Waals surface area (Å²) in [6.07, 6.45) is 2.73. The molecule has 1 aromatic carbocycles. The van der Waals surface area contributed by atoms with Crippen LogP contribution in [0.1, 0.15) is 57.3 Å². The minimum Gasteiger partial charge on any atom is -0.452 e. The van der Waals surface area contributed by atoms with E-state index in [-0.39, 0.29) is 41.0 Å². The van der Waals surface area contributed by atoms with Crippen molar-refractivity contribution in [1.29, 1.82) is 0 Å². The average Bonchev–Trinajstić information content (AvgIpc) is 2.66. The molecule has 2 atom stereocenters. The third-order valence-corrected chi connectivity index (χ3v) is 7.19. The van der Waals surface area contributed by atoms with Crippen molar-refractivity contribution in [1.82, 2.24) is 9.62 Å². The third kappa shape index (κ3) is 5.54. The van der Waals surface area contributed by atoms with Crippen molar-refractivity contribution in [2.24, 2.45) is 5.92 Å². The molecular formula is C20H30N2O5S. The molecule has 1 heterocycles. The molecule has 0 aromatic heterocycles. The number of piperidine rings is 1. The van der Waals surface area contributed by atoms with Gasteiger partial charge in [0.1, 0.15) is 0 Å². The molecule has 0 saturated carbocycles. The lowest BCUT2D eigenvalue weighted by Gasteiger charge is -2.32. The van der Waals surface area contributed by atoms with Crippen molar-refractivity contribution < 1.29 is 22.7 Å². The summed E-state index contributed by atoms with van der Waals surface area (Å²) in [5.41, 5.74) is 0.204. The van der Waals surface area contributed by atoms with E-state index in [1.54, 1.807) is 0 Å². The Kier molecular flexibility index (Phi) is 7.60. The smallest absolute Gasteiger partial charge is 0.338 e. The van der Waals surface area contributed by atoms with Gasteiger partial charge in [-0.3, -0.25) is 4.79 Å². The highest BCUT2D eigenvalue weighted by molar-refractivity contribution is 7.89.